The maximum absolute atomic E-state index is 13.6. The molecule has 0 aliphatic carbocycles. The Labute approximate surface area is 209 Å². The van der Waals surface area contributed by atoms with E-state index in [1.807, 2.05) is 77.5 Å². The molecule has 1 fully saturated rings. The van der Waals surface area contributed by atoms with Gasteiger partial charge < -0.3 is 14.7 Å². The van der Waals surface area contributed by atoms with Crippen LogP contribution >= 0.6 is 0 Å². The standard InChI is InChI=1S/C27H28N6O3/c1-19-8-10-21(11-9-19)26-23(17-33(29-26)22-6-4-3-5-7-22)27(35)32-14-12-31(13-15-32)18-25(34)28-24-16-20(2)36-30-24/h3-11,16-17H,12-15,18H2,1-2H3,(H,28,30,34). The van der Waals surface area contributed by atoms with Gasteiger partial charge in [-0.1, -0.05) is 53.2 Å². The summed E-state index contributed by atoms with van der Waals surface area (Å²) in [5.41, 5.74) is 4.16. The van der Waals surface area contributed by atoms with Gasteiger partial charge in [-0.15, -0.1) is 0 Å². The predicted octanol–water partition coefficient (Wildman–Crippen LogP) is 3.54. The number of piperazine rings is 1. The number of aromatic nitrogens is 3. The van der Waals surface area contributed by atoms with Crippen molar-refractivity contribution in [1.82, 2.24) is 24.7 Å². The number of carbonyl (C=O) groups is 2. The van der Waals surface area contributed by atoms with E-state index >= 15 is 0 Å². The van der Waals surface area contributed by atoms with Crippen LogP contribution < -0.4 is 5.32 Å². The fraction of sp³-hybridized carbons (Fsp3) is 0.259. The maximum Gasteiger partial charge on any atom is 0.257 e. The molecule has 0 saturated carbocycles. The van der Waals surface area contributed by atoms with E-state index in [2.05, 4.69) is 10.5 Å². The number of rotatable bonds is 6. The zero-order valence-electron chi connectivity index (χ0n) is 20.3. The smallest absolute Gasteiger partial charge is 0.257 e. The first-order valence-electron chi connectivity index (χ1n) is 11.9. The normalized spacial score (nSPS) is 14.1. The third-order valence-electron chi connectivity index (χ3n) is 6.21. The number of nitrogens with zero attached hydrogens (tertiary/aromatic N) is 5. The molecule has 9 nitrogen and oxygen atoms in total. The molecule has 0 spiro atoms. The van der Waals surface area contributed by atoms with Crippen molar-refractivity contribution in [1.29, 1.82) is 0 Å². The highest BCUT2D eigenvalue weighted by Crippen LogP contribution is 2.26. The number of aryl methyl sites for hydroxylation is 2. The molecule has 2 amide bonds. The van der Waals surface area contributed by atoms with Gasteiger partial charge >= 0.3 is 0 Å². The Hall–Kier alpha value is -4.24. The van der Waals surface area contributed by atoms with Gasteiger partial charge in [-0.3, -0.25) is 14.5 Å². The molecular formula is C27H28N6O3. The van der Waals surface area contributed by atoms with E-state index in [1.165, 1.54) is 0 Å². The summed E-state index contributed by atoms with van der Waals surface area (Å²) in [6.07, 6.45) is 1.81. The van der Waals surface area contributed by atoms with Crippen LogP contribution in [0, 0.1) is 13.8 Å². The Morgan fingerprint density at radius 2 is 1.69 bits per heavy atom. The zero-order chi connectivity index (χ0) is 25.1. The molecular weight excluding hydrogens is 456 g/mol. The van der Waals surface area contributed by atoms with Crippen LogP contribution in [0.1, 0.15) is 21.7 Å². The summed E-state index contributed by atoms with van der Waals surface area (Å²) in [6.45, 7) is 6.29. The average molecular weight is 485 g/mol. The number of carbonyl (C=O) groups excluding carboxylic acids is 2. The van der Waals surface area contributed by atoms with Gasteiger partial charge in [0.25, 0.3) is 5.91 Å². The largest absolute Gasteiger partial charge is 0.360 e. The van der Waals surface area contributed by atoms with Gasteiger partial charge in [0, 0.05) is 44.0 Å². The summed E-state index contributed by atoms with van der Waals surface area (Å²) in [6, 6.07) is 19.5. The molecule has 1 aliphatic rings. The minimum absolute atomic E-state index is 0.0603. The second kappa shape index (κ2) is 10.2. The second-order valence-corrected chi connectivity index (χ2v) is 8.98. The van der Waals surface area contributed by atoms with Gasteiger partial charge in [-0.25, -0.2) is 4.68 Å². The van der Waals surface area contributed by atoms with Crippen molar-refractivity contribution in [3.05, 3.63) is 83.7 Å². The quantitative estimate of drug-likeness (QED) is 0.450. The van der Waals surface area contributed by atoms with Crippen molar-refractivity contribution < 1.29 is 14.1 Å². The van der Waals surface area contributed by atoms with Crippen molar-refractivity contribution >= 4 is 17.6 Å². The molecule has 184 valence electrons. The first kappa shape index (κ1) is 23.5. The monoisotopic (exact) mass is 484 g/mol. The van der Waals surface area contributed by atoms with Gasteiger partial charge in [0.15, 0.2) is 5.82 Å². The number of hydrogen-bond donors (Lipinski definition) is 1. The molecule has 5 rings (SSSR count). The van der Waals surface area contributed by atoms with Crippen molar-refractivity contribution in [3.8, 4) is 16.9 Å². The van der Waals surface area contributed by atoms with E-state index < -0.39 is 0 Å². The molecule has 0 unspecified atom stereocenters. The van der Waals surface area contributed by atoms with Crippen LogP contribution in [0.4, 0.5) is 5.82 Å². The summed E-state index contributed by atoms with van der Waals surface area (Å²) in [5, 5.41) is 11.3. The van der Waals surface area contributed by atoms with Crippen LogP contribution in [0.25, 0.3) is 16.9 Å². The molecule has 0 atom stereocenters. The average Bonchev–Trinajstić information content (AvgIpc) is 3.51. The minimum atomic E-state index is -0.158. The fourth-order valence-corrected chi connectivity index (χ4v) is 4.26. The highest BCUT2D eigenvalue weighted by Gasteiger charge is 2.27. The SMILES string of the molecule is Cc1ccc(-c2nn(-c3ccccc3)cc2C(=O)N2CCN(CC(=O)Nc3cc(C)on3)CC2)cc1. The van der Waals surface area contributed by atoms with Gasteiger partial charge in [-0.05, 0) is 26.0 Å². The van der Waals surface area contributed by atoms with E-state index in [4.69, 9.17) is 9.62 Å². The van der Waals surface area contributed by atoms with Crippen LogP contribution in [0.2, 0.25) is 0 Å². The van der Waals surface area contributed by atoms with E-state index in [9.17, 15) is 9.59 Å². The lowest BCUT2D eigenvalue weighted by Gasteiger charge is -2.34. The van der Waals surface area contributed by atoms with Gasteiger partial charge in [0.05, 0.1) is 17.8 Å². The fourth-order valence-electron chi connectivity index (χ4n) is 4.26. The molecule has 36 heavy (non-hydrogen) atoms. The van der Waals surface area contributed by atoms with Gasteiger partial charge in [0.1, 0.15) is 11.5 Å². The third kappa shape index (κ3) is 5.21. The Balaban J connectivity index is 1.29. The molecule has 3 heterocycles. The molecule has 0 bridgehead atoms. The summed E-state index contributed by atoms with van der Waals surface area (Å²) in [5.74, 6) is 0.826. The lowest BCUT2D eigenvalue weighted by molar-refractivity contribution is -0.117. The highest BCUT2D eigenvalue weighted by atomic mass is 16.5. The highest BCUT2D eigenvalue weighted by molar-refractivity contribution is 6.00. The van der Waals surface area contributed by atoms with Crippen LogP contribution in [-0.2, 0) is 4.79 Å². The molecule has 9 heteroatoms. The molecule has 1 saturated heterocycles. The molecule has 0 radical (unpaired) electrons. The third-order valence-corrected chi connectivity index (χ3v) is 6.21. The van der Waals surface area contributed by atoms with Crippen LogP contribution in [0.5, 0.6) is 0 Å². The number of hydrogen-bond acceptors (Lipinski definition) is 6. The van der Waals surface area contributed by atoms with Gasteiger partial charge in [-0.2, -0.15) is 5.10 Å². The van der Waals surface area contributed by atoms with Crippen molar-refractivity contribution in [2.75, 3.05) is 38.0 Å². The predicted molar refractivity (Wildman–Crippen MR) is 136 cm³/mol. The zero-order valence-corrected chi connectivity index (χ0v) is 20.3. The van der Waals surface area contributed by atoms with Crippen molar-refractivity contribution in [2.45, 2.75) is 13.8 Å². The van der Waals surface area contributed by atoms with E-state index in [0.29, 0.717) is 49.0 Å². The Kier molecular flexibility index (Phi) is 6.64. The number of benzene rings is 2. The van der Waals surface area contributed by atoms with Crippen LogP contribution in [-0.4, -0.2) is 69.3 Å². The number of amides is 2. The molecule has 2 aromatic carbocycles. The Morgan fingerprint density at radius 1 is 0.972 bits per heavy atom. The van der Waals surface area contributed by atoms with Crippen LogP contribution in [0.3, 0.4) is 0 Å². The summed E-state index contributed by atoms with van der Waals surface area (Å²) in [4.78, 5) is 29.9. The Morgan fingerprint density at radius 3 is 2.36 bits per heavy atom. The molecule has 1 N–H and O–H groups in total. The molecule has 4 aromatic rings. The van der Waals surface area contributed by atoms with Gasteiger partial charge in [0.2, 0.25) is 5.91 Å². The molecule has 1 aliphatic heterocycles. The second-order valence-electron chi connectivity index (χ2n) is 8.98. The number of anilines is 1. The molecule has 2 aromatic heterocycles. The first-order valence-corrected chi connectivity index (χ1v) is 11.9. The van der Waals surface area contributed by atoms with Crippen molar-refractivity contribution in [2.24, 2.45) is 0 Å². The number of para-hydroxylation sites is 1. The first-order chi connectivity index (χ1) is 17.5. The summed E-state index contributed by atoms with van der Waals surface area (Å²) >= 11 is 0. The summed E-state index contributed by atoms with van der Waals surface area (Å²) in [7, 11) is 0. The lowest BCUT2D eigenvalue weighted by atomic mass is 10.1. The van der Waals surface area contributed by atoms with E-state index in [0.717, 1.165) is 16.8 Å². The van der Waals surface area contributed by atoms with Crippen molar-refractivity contribution in [3.63, 3.8) is 0 Å². The van der Waals surface area contributed by atoms with E-state index in [-0.39, 0.29) is 18.4 Å². The minimum Gasteiger partial charge on any atom is -0.360 e. The maximum atomic E-state index is 13.6. The topological polar surface area (TPSA) is 96.5 Å². The Bertz CT molecular complexity index is 1350. The van der Waals surface area contributed by atoms with Crippen LogP contribution in [0.15, 0.2) is 71.4 Å². The lowest BCUT2D eigenvalue weighted by Crippen LogP contribution is -2.50. The van der Waals surface area contributed by atoms with E-state index in [1.54, 1.807) is 17.7 Å². The summed E-state index contributed by atoms with van der Waals surface area (Å²) < 4.78 is 6.74. The number of nitrogens with one attached hydrogen (secondary N) is 1.